The van der Waals surface area contributed by atoms with Crippen LogP contribution in [0.3, 0.4) is 0 Å². The molecule has 0 saturated carbocycles. The van der Waals surface area contributed by atoms with E-state index in [1.54, 1.807) is 37.3 Å². The SMILES string of the molecule is COc1ccc(OC)c(C(=O)OCC(=O)NC(C)c2ccc(Cl)cc2Cl)c1. The van der Waals surface area contributed by atoms with Gasteiger partial charge in [-0.1, -0.05) is 29.3 Å². The lowest BCUT2D eigenvalue weighted by atomic mass is 10.1. The van der Waals surface area contributed by atoms with Crippen molar-refractivity contribution < 1.29 is 23.8 Å². The molecule has 0 spiro atoms. The molecule has 144 valence electrons. The Hall–Kier alpha value is -2.44. The van der Waals surface area contributed by atoms with Crippen LogP contribution in [0.5, 0.6) is 11.5 Å². The summed E-state index contributed by atoms with van der Waals surface area (Å²) in [5.74, 6) is -0.373. The largest absolute Gasteiger partial charge is 0.497 e. The number of hydrogen-bond donors (Lipinski definition) is 1. The Kier molecular flexibility index (Phi) is 7.33. The highest BCUT2D eigenvalue weighted by atomic mass is 35.5. The number of benzene rings is 2. The Morgan fingerprint density at radius 2 is 1.81 bits per heavy atom. The molecule has 1 amide bonds. The lowest BCUT2D eigenvalue weighted by molar-refractivity contribution is -0.124. The molecule has 0 bridgehead atoms. The topological polar surface area (TPSA) is 73.9 Å². The van der Waals surface area contributed by atoms with Crippen LogP contribution < -0.4 is 14.8 Å². The van der Waals surface area contributed by atoms with Crippen LogP contribution in [0.2, 0.25) is 10.0 Å². The standard InChI is InChI=1S/C19H19Cl2NO5/c1-11(14-6-4-12(20)8-16(14)21)22-18(23)10-27-19(24)15-9-13(25-2)5-7-17(15)26-3/h4-9,11H,10H2,1-3H3,(H,22,23). The van der Waals surface area contributed by atoms with Crippen LogP contribution in [-0.2, 0) is 9.53 Å². The second-order valence-corrected chi connectivity index (χ2v) is 6.44. The lowest BCUT2D eigenvalue weighted by Crippen LogP contribution is -2.31. The van der Waals surface area contributed by atoms with Crippen molar-refractivity contribution in [1.82, 2.24) is 5.32 Å². The maximum atomic E-state index is 12.3. The van der Waals surface area contributed by atoms with Gasteiger partial charge in [0.15, 0.2) is 6.61 Å². The average Bonchev–Trinajstić information content (AvgIpc) is 2.65. The summed E-state index contributed by atoms with van der Waals surface area (Å²) in [5, 5.41) is 3.66. The summed E-state index contributed by atoms with van der Waals surface area (Å²) in [6.45, 7) is 1.31. The van der Waals surface area contributed by atoms with Gasteiger partial charge in [-0.25, -0.2) is 4.79 Å². The molecule has 0 saturated heterocycles. The van der Waals surface area contributed by atoms with E-state index in [2.05, 4.69) is 5.32 Å². The number of halogens is 2. The maximum Gasteiger partial charge on any atom is 0.342 e. The molecule has 1 unspecified atom stereocenters. The molecule has 2 aromatic rings. The van der Waals surface area contributed by atoms with E-state index in [4.69, 9.17) is 37.4 Å². The van der Waals surface area contributed by atoms with Gasteiger partial charge < -0.3 is 19.5 Å². The Bertz CT molecular complexity index is 841. The van der Waals surface area contributed by atoms with Crippen molar-refractivity contribution in [1.29, 1.82) is 0 Å². The monoisotopic (exact) mass is 411 g/mol. The van der Waals surface area contributed by atoms with E-state index in [1.165, 1.54) is 20.3 Å². The summed E-state index contributed by atoms with van der Waals surface area (Å²) < 4.78 is 15.3. The van der Waals surface area contributed by atoms with E-state index >= 15 is 0 Å². The molecule has 0 aliphatic rings. The van der Waals surface area contributed by atoms with Gasteiger partial charge in [0, 0.05) is 10.0 Å². The van der Waals surface area contributed by atoms with Gasteiger partial charge in [0.05, 0.1) is 20.3 Å². The van der Waals surface area contributed by atoms with Crippen LogP contribution in [0.1, 0.15) is 28.9 Å². The number of esters is 1. The normalized spacial score (nSPS) is 11.4. The van der Waals surface area contributed by atoms with Crippen LogP contribution >= 0.6 is 23.2 Å². The maximum absolute atomic E-state index is 12.3. The van der Waals surface area contributed by atoms with Gasteiger partial charge in [-0.15, -0.1) is 0 Å². The fourth-order valence-electron chi connectivity index (χ4n) is 2.40. The number of nitrogens with one attached hydrogen (secondary N) is 1. The smallest absolute Gasteiger partial charge is 0.342 e. The van der Waals surface area contributed by atoms with E-state index in [9.17, 15) is 9.59 Å². The first-order chi connectivity index (χ1) is 12.8. The van der Waals surface area contributed by atoms with Crippen molar-refractivity contribution in [2.24, 2.45) is 0 Å². The zero-order chi connectivity index (χ0) is 20.0. The number of ether oxygens (including phenoxy) is 3. The van der Waals surface area contributed by atoms with Crippen molar-refractivity contribution >= 4 is 35.1 Å². The van der Waals surface area contributed by atoms with E-state index in [-0.39, 0.29) is 11.6 Å². The molecular formula is C19H19Cl2NO5. The van der Waals surface area contributed by atoms with Crippen molar-refractivity contribution in [3.05, 3.63) is 57.6 Å². The van der Waals surface area contributed by atoms with E-state index < -0.39 is 18.5 Å². The molecule has 27 heavy (non-hydrogen) atoms. The van der Waals surface area contributed by atoms with Crippen molar-refractivity contribution in [3.63, 3.8) is 0 Å². The molecule has 0 aliphatic heterocycles. The first-order valence-electron chi connectivity index (χ1n) is 7.99. The number of hydrogen-bond acceptors (Lipinski definition) is 5. The molecule has 0 radical (unpaired) electrons. The summed E-state index contributed by atoms with van der Waals surface area (Å²) in [5.41, 5.74) is 0.869. The summed E-state index contributed by atoms with van der Waals surface area (Å²) in [6.07, 6.45) is 0. The highest BCUT2D eigenvalue weighted by Gasteiger charge is 2.18. The minimum Gasteiger partial charge on any atom is -0.497 e. The summed E-state index contributed by atoms with van der Waals surface area (Å²) in [6, 6.07) is 9.33. The highest BCUT2D eigenvalue weighted by Crippen LogP contribution is 2.26. The van der Waals surface area contributed by atoms with Crippen LogP contribution in [0.4, 0.5) is 0 Å². The van der Waals surface area contributed by atoms with Crippen LogP contribution in [0, 0.1) is 0 Å². The predicted octanol–water partition coefficient (Wildman–Crippen LogP) is 4.04. The summed E-state index contributed by atoms with van der Waals surface area (Å²) >= 11 is 12.0. The molecule has 0 aromatic heterocycles. The highest BCUT2D eigenvalue weighted by molar-refractivity contribution is 6.35. The Labute approximate surface area is 167 Å². The molecule has 2 aromatic carbocycles. The number of methoxy groups -OCH3 is 2. The summed E-state index contributed by atoms with van der Waals surface area (Å²) in [4.78, 5) is 24.4. The molecule has 2 rings (SSSR count). The minimum atomic E-state index is -0.696. The molecule has 0 fully saturated rings. The average molecular weight is 412 g/mol. The molecule has 1 N–H and O–H groups in total. The Morgan fingerprint density at radius 3 is 2.44 bits per heavy atom. The van der Waals surface area contributed by atoms with Crippen LogP contribution in [0.25, 0.3) is 0 Å². The third-order valence-corrected chi connectivity index (χ3v) is 4.33. The Balaban J connectivity index is 1.98. The van der Waals surface area contributed by atoms with Gasteiger partial charge in [0.25, 0.3) is 5.91 Å². The molecule has 1 atom stereocenters. The van der Waals surface area contributed by atoms with Gasteiger partial charge in [0.1, 0.15) is 17.1 Å². The third-order valence-electron chi connectivity index (χ3n) is 3.77. The van der Waals surface area contributed by atoms with E-state index in [0.29, 0.717) is 27.1 Å². The fourth-order valence-corrected chi connectivity index (χ4v) is 2.97. The first-order valence-corrected chi connectivity index (χ1v) is 8.74. The third kappa shape index (κ3) is 5.52. The first kappa shape index (κ1) is 20.9. The van der Waals surface area contributed by atoms with Gasteiger partial charge in [-0.3, -0.25) is 4.79 Å². The molecule has 0 aliphatic carbocycles. The number of carbonyl (C=O) groups is 2. The second-order valence-electron chi connectivity index (χ2n) is 5.60. The van der Waals surface area contributed by atoms with Crippen LogP contribution in [-0.4, -0.2) is 32.7 Å². The number of rotatable bonds is 7. The van der Waals surface area contributed by atoms with Crippen molar-refractivity contribution in [2.45, 2.75) is 13.0 Å². The molecule has 6 nitrogen and oxygen atoms in total. The quantitative estimate of drug-likeness (QED) is 0.695. The zero-order valence-electron chi connectivity index (χ0n) is 15.0. The van der Waals surface area contributed by atoms with E-state index in [0.717, 1.165) is 0 Å². The van der Waals surface area contributed by atoms with Gasteiger partial charge >= 0.3 is 5.97 Å². The second kappa shape index (κ2) is 9.48. The lowest BCUT2D eigenvalue weighted by Gasteiger charge is -2.16. The molecule has 0 heterocycles. The zero-order valence-corrected chi connectivity index (χ0v) is 16.6. The predicted molar refractivity (Wildman–Crippen MR) is 103 cm³/mol. The van der Waals surface area contributed by atoms with E-state index in [1.807, 2.05) is 0 Å². The van der Waals surface area contributed by atoms with Crippen molar-refractivity contribution in [2.75, 3.05) is 20.8 Å². The van der Waals surface area contributed by atoms with Gasteiger partial charge in [-0.05, 0) is 42.8 Å². The fraction of sp³-hybridized carbons (Fsp3) is 0.263. The van der Waals surface area contributed by atoms with Gasteiger partial charge in [-0.2, -0.15) is 0 Å². The molecular weight excluding hydrogens is 393 g/mol. The van der Waals surface area contributed by atoms with Crippen LogP contribution in [0.15, 0.2) is 36.4 Å². The number of amides is 1. The molecule has 8 heteroatoms. The van der Waals surface area contributed by atoms with Gasteiger partial charge in [0.2, 0.25) is 0 Å². The number of carbonyl (C=O) groups excluding carboxylic acids is 2. The Morgan fingerprint density at radius 1 is 1.07 bits per heavy atom. The minimum absolute atomic E-state index is 0.165. The summed E-state index contributed by atoms with van der Waals surface area (Å²) in [7, 11) is 2.91. The van der Waals surface area contributed by atoms with Crippen molar-refractivity contribution in [3.8, 4) is 11.5 Å².